The van der Waals surface area contributed by atoms with E-state index in [9.17, 15) is 14.0 Å². The molecule has 20 heavy (non-hydrogen) atoms. The second kappa shape index (κ2) is 5.87. The standard InChI is InChI=1S/C13H11FN2O3S/c1-3-19-13(18)10-11(7(2)17)20-12(16-10)8-4-5-15-6-9(8)14/h4-6H,3H2,1-2H3. The number of esters is 1. The van der Waals surface area contributed by atoms with E-state index in [0.717, 1.165) is 17.5 Å². The predicted molar refractivity (Wildman–Crippen MR) is 71.3 cm³/mol. The molecule has 0 aliphatic carbocycles. The lowest BCUT2D eigenvalue weighted by molar-refractivity contribution is 0.0517. The number of carbonyl (C=O) groups is 2. The molecule has 0 saturated carbocycles. The Morgan fingerprint density at radius 3 is 2.80 bits per heavy atom. The fourth-order valence-corrected chi connectivity index (χ4v) is 2.54. The molecular formula is C13H11FN2O3S. The third-order valence-corrected chi connectivity index (χ3v) is 3.61. The molecule has 0 radical (unpaired) electrons. The second-order valence-corrected chi connectivity index (χ2v) is 4.83. The molecule has 2 aromatic rings. The van der Waals surface area contributed by atoms with E-state index in [0.29, 0.717) is 0 Å². The van der Waals surface area contributed by atoms with E-state index in [2.05, 4.69) is 9.97 Å². The minimum Gasteiger partial charge on any atom is -0.461 e. The minimum atomic E-state index is -0.685. The summed E-state index contributed by atoms with van der Waals surface area (Å²) in [6, 6.07) is 1.44. The van der Waals surface area contributed by atoms with E-state index in [1.165, 1.54) is 19.2 Å². The van der Waals surface area contributed by atoms with Gasteiger partial charge in [-0.3, -0.25) is 9.78 Å². The Bertz CT molecular complexity index is 669. The summed E-state index contributed by atoms with van der Waals surface area (Å²) in [5.74, 6) is -1.56. The number of rotatable bonds is 4. The normalized spacial score (nSPS) is 10.3. The van der Waals surface area contributed by atoms with Crippen LogP contribution in [-0.4, -0.2) is 28.3 Å². The van der Waals surface area contributed by atoms with Crippen molar-refractivity contribution in [2.45, 2.75) is 13.8 Å². The SMILES string of the molecule is CCOC(=O)c1nc(-c2ccncc2F)sc1C(C)=O. The summed E-state index contributed by atoms with van der Waals surface area (Å²) < 4.78 is 18.5. The number of Topliss-reactive ketones (excluding diaryl/α,β-unsaturated/α-hetero) is 1. The predicted octanol–water partition coefficient (Wildman–Crippen LogP) is 2.72. The molecule has 7 heteroatoms. The summed E-state index contributed by atoms with van der Waals surface area (Å²) in [4.78, 5) is 31.2. The number of ether oxygens (including phenoxy) is 1. The van der Waals surface area contributed by atoms with Gasteiger partial charge < -0.3 is 4.74 Å². The fraction of sp³-hybridized carbons (Fsp3) is 0.231. The van der Waals surface area contributed by atoms with Crippen LogP contribution in [0.4, 0.5) is 4.39 Å². The van der Waals surface area contributed by atoms with E-state index in [1.807, 2.05) is 0 Å². The first-order valence-corrected chi connectivity index (χ1v) is 6.65. The smallest absolute Gasteiger partial charge is 0.358 e. The van der Waals surface area contributed by atoms with E-state index in [-0.39, 0.29) is 33.5 Å². The third-order valence-electron chi connectivity index (χ3n) is 2.42. The number of hydrogen-bond acceptors (Lipinski definition) is 6. The molecule has 0 N–H and O–H groups in total. The number of aromatic nitrogens is 2. The first-order valence-electron chi connectivity index (χ1n) is 5.83. The highest BCUT2D eigenvalue weighted by Gasteiger charge is 2.23. The maximum absolute atomic E-state index is 13.7. The van der Waals surface area contributed by atoms with Crippen LogP contribution in [0.1, 0.15) is 34.0 Å². The van der Waals surface area contributed by atoms with E-state index in [1.54, 1.807) is 6.92 Å². The summed E-state index contributed by atoms with van der Waals surface area (Å²) in [7, 11) is 0. The molecule has 0 saturated heterocycles. The first kappa shape index (κ1) is 14.3. The molecule has 0 aliphatic rings. The summed E-state index contributed by atoms with van der Waals surface area (Å²) in [5, 5.41) is 0.248. The van der Waals surface area contributed by atoms with Crippen LogP contribution in [-0.2, 0) is 4.74 Å². The lowest BCUT2D eigenvalue weighted by atomic mass is 10.2. The molecule has 0 unspecified atom stereocenters. The van der Waals surface area contributed by atoms with Crippen LogP contribution in [0.15, 0.2) is 18.5 Å². The topological polar surface area (TPSA) is 69.2 Å². The van der Waals surface area contributed by atoms with E-state index in [4.69, 9.17) is 4.74 Å². The molecule has 0 spiro atoms. The molecule has 5 nitrogen and oxygen atoms in total. The van der Waals surface area contributed by atoms with Crippen molar-refractivity contribution in [2.75, 3.05) is 6.61 Å². The summed E-state index contributed by atoms with van der Waals surface area (Å²) in [5.41, 5.74) is 0.124. The Morgan fingerprint density at radius 1 is 1.45 bits per heavy atom. The first-order chi connectivity index (χ1) is 9.54. The monoisotopic (exact) mass is 294 g/mol. The number of ketones is 1. The number of carbonyl (C=O) groups excluding carboxylic acids is 2. The van der Waals surface area contributed by atoms with Crippen LogP contribution in [0.2, 0.25) is 0 Å². The van der Waals surface area contributed by atoms with Crippen molar-refractivity contribution in [1.82, 2.24) is 9.97 Å². The van der Waals surface area contributed by atoms with Gasteiger partial charge in [0.05, 0.1) is 12.8 Å². The van der Waals surface area contributed by atoms with Gasteiger partial charge in [0, 0.05) is 18.7 Å². The van der Waals surface area contributed by atoms with Gasteiger partial charge >= 0.3 is 5.97 Å². The fourth-order valence-electron chi connectivity index (χ4n) is 1.56. The van der Waals surface area contributed by atoms with Crippen molar-refractivity contribution in [2.24, 2.45) is 0 Å². The lowest BCUT2D eigenvalue weighted by Gasteiger charge is -1.99. The zero-order valence-corrected chi connectivity index (χ0v) is 11.7. The van der Waals surface area contributed by atoms with Crippen molar-refractivity contribution < 1.29 is 18.7 Å². The zero-order valence-electron chi connectivity index (χ0n) is 10.8. The molecule has 0 fully saturated rings. The minimum absolute atomic E-state index is 0.0736. The Balaban J connectivity index is 2.53. The molecule has 104 valence electrons. The van der Waals surface area contributed by atoms with Crippen LogP contribution in [0.5, 0.6) is 0 Å². The highest BCUT2D eigenvalue weighted by atomic mass is 32.1. The molecule has 2 heterocycles. The van der Waals surface area contributed by atoms with E-state index >= 15 is 0 Å². The molecule has 2 rings (SSSR count). The van der Waals surface area contributed by atoms with Crippen molar-refractivity contribution in [3.8, 4) is 10.6 Å². The number of pyridine rings is 1. The molecule has 0 aromatic carbocycles. The van der Waals surface area contributed by atoms with Crippen molar-refractivity contribution >= 4 is 23.1 Å². The number of hydrogen-bond donors (Lipinski definition) is 0. The molecular weight excluding hydrogens is 283 g/mol. The van der Waals surface area contributed by atoms with Crippen LogP contribution >= 0.6 is 11.3 Å². The maximum Gasteiger partial charge on any atom is 0.358 e. The Morgan fingerprint density at radius 2 is 2.20 bits per heavy atom. The Hall–Kier alpha value is -2.15. The summed E-state index contributed by atoms with van der Waals surface area (Å²) in [6.45, 7) is 3.15. The van der Waals surface area contributed by atoms with Gasteiger partial charge in [0.2, 0.25) is 0 Å². The average molecular weight is 294 g/mol. The van der Waals surface area contributed by atoms with Gasteiger partial charge in [0.1, 0.15) is 9.88 Å². The lowest BCUT2D eigenvalue weighted by Crippen LogP contribution is -2.09. The van der Waals surface area contributed by atoms with Crippen molar-refractivity contribution in [3.63, 3.8) is 0 Å². The Kier molecular flexibility index (Phi) is 4.19. The van der Waals surface area contributed by atoms with Gasteiger partial charge in [-0.05, 0) is 13.0 Å². The average Bonchev–Trinajstić information content (AvgIpc) is 2.84. The van der Waals surface area contributed by atoms with Gasteiger partial charge in [0.15, 0.2) is 17.3 Å². The molecule has 0 atom stereocenters. The van der Waals surface area contributed by atoms with Gasteiger partial charge in [-0.2, -0.15) is 0 Å². The van der Waals surface area contributed by atoms with Crippen molar-refractivity contribution in [1.29, 1.82) is 0 Å². The molecule has 0 amide bonds. The number of thiazole rings is 1. The summed E-state index contributed by atoms with van der Waals surface area (Å²) in [6.07, 6.45) is 2.46. The van der Waals surface area contributed by atoms with Gasteiger partial charge in [0.25, 0.3) is 0 Å². The van der Waals surface area contributed by atoms with Crippen LogP contribution < -0.4 is 0 Å². The Labute approximate surface area is 118 Å². The van der Waals surface area contributed by atoms with E-state index < -0.39 is 11.8 Å². The number of halogens is 1. The highest BCUT2D eigenvalue weighted by Crippen LogP contribution is 2.30. The molecule has 2 aromatic heterocycles. The van der Waals surface area contributed by atoms with Gasteiger partial charge in [-0.15, -0.1) is 11.3 Å². The maximum atomic E-state index is 13.7. The highest BCUT2D eigenvalue weighted by molar-refractivity contribution is 7.17. The quantitative estimate of drug-likeness (QED) is 0.640. The third kappa shape index (κ3) is 2.72. The van der Waals surface area contributed by atoms with Crippen LogP contribution in [0.25, 0.3) is 10.6 Å². The molecule has 0 aliphatic heterocycles. The number of nitrogens with zero attached hydrogens (tertiary/aromatic N) is 2. The van der Waals surface area contributed by atoms with Gasteiger partial charge in [-0.25, -0.2) is 14.2 Å². The van der Waals surface area contributed by atoms with Crippen LogP contribution in [0.3, 0.4) is 0 Å². The second-order valence-electron chi connectivity index (χ2n) is 3.83. The molecule has 0 bridgehead atoms. The van der Waals surface area contributed by atoms with Gasteiger partial charge in [-0.1, -0.05) is 0 Å². The van der Waals surface area contributed by atoms with Crippen molar-refractivity contribution in [3.05, 3.63) is 34.8 Å². The summed E-state index contributed by atoms with van der Waals surface area (Å²) >= 11 is 0.960. The van der Waals surface area contributed by atoms with Crippen LogP contribution in [0, 0.1) is 5.82 Å². The largest absolute Gasteiger partial charge is 0.461 e. The zero-order chi connectivity index (χ0) is 14.7.